The maximum absolute atomic E-state index is 13.8. The van der Waals surface area contributed by atoms with Gasteiger partial charge in [0.15, 0.2) is 11.2 Å². The summed E-state index contributed by atoms with van der Waals surface area (Å²) in [6.45, 7) is 5.69. The first-order chi connectivity index (χ1) is 15.5. The number of nitriles is 1. The van der Waals surface area contributed by atoms with Crippen LogP contribution in [-0.2, 0) is 13.1 Å². The second-order valence-electron chi connectivity index (χ2n) is 7.80. The molecule has 9 heteroatoms. The van der Waals surface area contributed by atoms with E-state index in [9.17, 15) is 10.1 Å². The van der Waals surface area contributed by atoms with Crippen molar-refractivity contribution in [3.63, 3.8) is 0 Å². The van der Waals surface area contributed by atoms with Gasteiger partial charge in [-0.15, -0.1) is 5.92 Å². The van der Waals surface area contributed by atoms with Crippen molar-refractivity contribution in [3.8, 4) is 17.9 Å². The molecule has 4 rings (SSSR count). The topological polar surface area (TPSA) is 95.0 Å². The van der Waals surface area contributed by atoms with E-state index in [0.717, 1.165) is 31.7 Å². The Morgan fingerprint density at radius 1 is 1.16 bits per heavy atom. The third kappa shape index (κ3) is 3.91. The number of anilines is 2. The summed E-state index contributed by atoms with van der Waals surface area (Å²) < 4.78 is 3.48. The van der Waals surface area contributed by atoms with Crippen molar-refractivity contribution in [2.75, 3.05) is 50.1 Å². The van der Waals surface area contributed by atoms with Crippen molar-refractivity contribution >= 4 is 23.1 Å². The van der Waals surface area contributed by atoms with E-state index >= 15 is 0 Å². The van der Waals surface area contributed by atoms with E-state index in [1.807, 2.05) is 36.9 Å². The van der Waals surface area contributed by atoms with Crippen LogP contribution in [0.3, 0.4) is 0 Å². The Bertz CT molecular complexity index is 1300. The Kier molecular flexibility index (Phi) is 6.11. The van der Waals surface area contributed by atoms with Crippen LogP contribution in [0.5, 0.6) is 0 Å². The zero-order valence-corrected chi connectivity index (χ0v) is 18.6. The van der Waals surface area contributed by atoms with Crippen LogP contribution in [0, 0.1) is 23.2 Å². The average molecular weight is 431 g/mol. The monoisotopic (exact) mass is 430 g/mol. The highest BCUT2D eigenvalue weighted by atomic mass is 16.1. The lowest BCUT2D eigenvalue weighted by Gasteiger charge is -2.28. The second-order valence-corrected chi connectivity index (χ2v) is 7.80. The molecule has 3 heterocycles. The van der Waals surface area contributed by atoms with Crippen LogP contribution < -0.4 is 20.7 Å². The van der Waals surface area contributed by atoms with Gasteiger partial charge in [0.25, 0.3) is 5.56 Å². The molecule has 1 aliphatic rings. The molecule has 164 valence electrons. The maximum atomic E-state index is 13.8. The van der Waals surface area contributed by atoms with Crippen LogP contribution in [-0.4, -0.2) is 59.4 Å². The van der Waals surface area contributed by atoms with Gasteiger partial charge in [-0.1, -0.05) is 24.1 Å². The molecule has 3 aromatic rings. The van der Waals surface area contributed by atoms with Gasteiger partial charge >= 0.3 is 0 Å². The zero-order chi connectivity index (χ0) is 22.7. The summed E-state index contributed by atoms with van der Waals surface area (Å²) >= 11 is 0. The molecule has 0 saturated carbocycles. The van der Waals surface area contributed by atoms with Crippen LogP contribution in [0.25, 0.3) is 11.2 Å². The summed E-state index contributed by atoms with van der Waals surface area (Å²) in [5, 5.41) is 12.8. The van der Waals surface area contributed by atoms with E-state index in [0.29, 0.717) is 35.2 Å². The van der Waals surface area contributed by atoms with Gasteiger partial charge in [0.2, 0.25) is 11.9 Å². The number of nitrogens with one attached hydrogen (secondary N) is 1. The number of aromatic nitrogens is 4. The van der Waals surface area contributed by atoms with Crippen molar-refractivity contribution in [1.82, 2.24) is 24.4 Å². The second kappa shape index (κ2) is 9.13. The molecule has 0 bridgehead atoms. The first kappa shape index (κ1) is 21.4. The Hall–Kier alpha value is -3.82. The molecule has 0 amide bonds. The normalized spacial score (nSPS) is 13.5. The minimum Gasteiger partial charge on any atom is -0.348 e. The van der Waals surface area contributed by atoms with E-state index in [1.165, 1.54) is 0 Å². The van der Waals surface area contributed by atoms with Crippen molar-refractivity contribution in [1.29, 1.82) is 5.26 Å². The molecule has 1 N–H and O–H groups in total. The third-order valence-electron chi connectivity index (χ3n) is 5.50. The first-order valence-corrected chi connectivity index (χ1v) is 10.6. The molecule has 0 aliphatic carbocycles. The molecule has 9 nitrogen and oxygen atoms in total. The summed E-state index contributed by atoms with van der Waals surface area (Å²) in [6.07, 6.45) is 0. The minimum atomic E-state index is -0.196. The number of rotatable bonds is 5. The van der Waals surface area contributed by atoms with E-state index in [-0.39, 0.29) is 12.1 Å². The third-order valence-corrected chi connectivity index (χ3v) is 5.50. The number of nitrogens with zero attached hydrogens (tertiary/aromatic N) is 7. The quantitative estimate of drug-likeness (QED) is 0.604. The number of fused-ring (bicyclic) bond motifs is 1. The van der Waals surface area contributed by atoms with Crippen molar-refractivity contribution in [2.45, 2.75) is 20.0 Å². The van der Waals surface area contributed by atoms with Gasteiger partial charge < -0.3 is 15.1 Å². The Morgan fingerprint density at radius 3 is 2.59 bits per heavy atom. The van der Waals surface area contributed by atoms with Gasteiger partial charge in [0.05, 0.1) is 24.7 Å². The number of hydrogen-bond acceptors (Lipinski definition) is 7. The largest absolute Gasteiger partial charge is 0.348 e. The number of imidazole rings is 1. The van der Waals surface area contributed by atoms with Crippen molar-refractivity contribution < 1.29 is 0 Å². The lowest BCUT2D eigenvalue weighted by atomic mass is 10.1. The molecule has 1 aromatic carbocycles. The smallest absolute Gasteiger partial charge is 0.281 e. The van der Waals surface area contributed by atoms with Crippen LogP contribution in [0.1, 0.15) is 18.1 Å². The van der Waals surface area contributed by atoms with Gasteiger partial charge in [-0.05, 0) is 18.6 Å². The molecule has 32 heavy (non-hydrogen) atoms. The van der Waals surface area contributed by atoms with E-state index in [2.05, 4.69) is 28.1 Å². The van der Waals surface area contributed by atoms with Gasteiger partial charge in [-0.3, -0.25) is 13.9 Å². The molecule has 2 aromatic heterocycles. The molecular weight excluding hydrogens is 404 g/mol. The highest BCUT2D eigenvalue weighted by molar-refractivity contribution is 5.76. The van der Waals surface area contributed by atoms with Crippen LogP contribution in [0.2, 0.25) is 0 Å². The molecule has 0 spiro atoms. The van der Waals surface area contributed by atoms with Crippen LogP contribution in [0.15, 0.2) is 29.1 Å². The van der Waals surface area contributed by atoms with Crippen molar-refractivity contribution in [3.05, 3.63) is 45.7 Å². The van der Waals surface area contributed by atoms with E-state index < -0.39 is 0 Å². The minimum absolute atomic E-state index is 0.196. The summed E-state index contributed by atoms with van der Waals surface area (Å²) in [4.78, 5) is 27.3. The fraction of sp³-hybridized carbons (Fsp3) is 0.391. The summed E-state index contributed by atoms with van der Waals surface area (Å²) in [6, 6.07) is 9.51. The van der Waals surface area contributed by atoms with Gasteiger partial charge in [0, 0.05) is 40.3 Å². The maximum Gasteiger partial charge on any atom is 0.281 e. The molecule has 0 radical (unpaired) electrons. The Labute approximate surface area is 186 Å². The fourth-order valence-electron chi connectivity index (χ4n) is 3.93. The standard InChI is InChI=1S/C23H26N8O/c1-4-5-12-30-19-20(27-23(30)29-13-10-25-11-14-29)26-22(28(2)3)31(21(19)32)16-18-9-7-6-8-17(18)15-24/h6-9,25H,10-14,16H2,1-3H3. The molecule has 1 saturated heterocycles. The average Bonchev–Trinajstić information content (AvgIpc) is 3.18. The molecule has 0 atom stereocenters. The summed E-state index contributed by atoms with van der Waals surface area (Å²) in [5.74, 6) is 7.20. The summed E-state index contributed by atoms with van der Waals surface area (Å²) in [7, 11) is 3.69. The van der Waals surface area contributed by atoms with Gasteiger partial charge in [0.1, 0.15) is 0 Å². The number of hydrogen-bond donors (Lipinski definition) is 1. The highest BCUT2D eigenvalue weighted by Crippen LogP contribution is 2.22. The lowest BCUT2D eigenvalue weighted by molar-refractivity contribution is 0.572. The Balaban J connectivity index is 1.94. The predicted octanol–water partition coefficient (Wildman–Crippen LogP) is 1.01. The zero-order valence-electron chi connectivity index (χ0n) is 18.6. The van der Waals surface area contributed by atoms with E-state index in [4.69, 9.17) is 9.97 Å². The molecule has 0 unspecified atom stereocenters. The van der Waals surface area contributed by atoms with Crippen LogP contribution >= 0.6 is 0 Å². The predicted molar refractivity (Wildman–Crippen MR) is 125 cm³/mol. The molecule has 1 aliphatic heterocycles. The van der Waals surface area contributed by atoms with Crippen LogP contribution in [0.4, 0.5) is 11.9 Å². The highest BCUT2D eigenvalue weighted by Gasteiger charge is 2.24. The Morgan fingerprint density at radius 2 is 1.91 bits per heavy atom. The summed E-state index contributed by atoms with van der Waals surface area (Å²) in [5.41, 5.74) is 1.95. The van der Waals surface area contributed by atoms with E-state index in [1.54, 1.807) is 22.5 Å². The number of piperazine rings is 1. The molecule has 1 fully saturated rings. The van der Waals surface area contributed by atoms with Gasteiger partial charge in [-0.2, -0.15) is 15.2 Å². The first-order valence-electron chi connectivity index (χ1n) is 10.6. The fourth-order valence-corrected chi connectivity index (χ4v) is 3.93. The SMILES string of the molecule is CC#CCn1c(N2CCNCC2)nc2nc(N(C)C)n(Cc3ccccc3C#N)c(=O)c21. The van der Waals surface area contributed by atoms with Crippen molar-refractivity contribution in [2.24, 2.45) is 0 Å². The van der Waals surface area contributed by atoms with Gasteiger partial charge in [-0.25, -0.2) is 0 Å². The molecular formula is C23H26N8O. The number of benzene rings is 1. The lowest BCUT2D eigenvalue weighted by Crippen LogP contribution is -2.44.